The summed E-state index contributed by atoms with van der Waals surface area (Å²) in [7, 11) is 1.66. The van der Waals surface area contributed by atoms with Crippen LogP contribution in [0, 0.1) is 26.6 Å². The van der Waals surface area contributed by atoms with Crippen molar-refractivity contribution in [3.63, 3.8) is 0 Å². The summed E-state index contributed by atoms with van der Waals surface area (Å²) < 4.78 is 64.2. The smallest absolute Gasteiger partial charge is 0.411 e. The molecule has 0 saturated carbocycles. The van der Waals surface area contributed by atoms with E-state index in [2.05, 4.69) is 10.3 Å². The van der Waals surface area contributed by atoms with Crippen molar-refractivity contribution in [1.29, 1.82) is 0 Å². The van der Waals surface area contributed by atoms with Gasteiger partial charge in [-0.1, -0.05) is 0 Å². The first-order chi connectivity index (χ1) is 21.2. The van der Waals surface area contributed by atoms with E-state index in [0.717, 1.165) is 22.2 Å². The minimum atomic E-state index is -4.62. The highest BCUT2D eigenvalue weighted by Gasteiger charge is 2.45. The molecule has 1 fully saturated rings. The van der Waals surface area contributed by atoms with Crippen molar-refractivity contribution < 1.29 is 37.0 Å². The van der Waals surface area contributed by atoms with Gasteiger partial charge in [0.05, 0.1) is 24.3 Å². The van der Waals surface area contributed by atoms with Crippen LogP contribution in [0.5, 0.6) is 0 Å². The van der Waals surface area contributed by atoms with Crippen molar-refractivity contribution >= 4 is 23.2 Å². The number of carboxylic acid groups (broad SMARTS) is 1. The topological polar surface area (TPSA) is 118 Å². The maximum Gasteiger partial charge on any atom is 0.411 e. The molecule has 238 valence electrons. The average molecular weight is 630 g/mol. The van der Waals surface area contributed by atoms with Gasteiger partial charge in [-0.3, -0.25) is 9.59 Å². The first-order valence-corrected chi connectivity index (χ1v) is 14.1. The van der Waals surface area contributed by atoms with E-state index in [0.29, 0.717) is 22.5 Å². The Morgan fingerprint density at radius 1 is 1.16 bits per heavy atom. The zero-order chi connectivity index (χ0) is 32.8. The van der Waals surface area contributed by atoms with Crippen LogP contribution < -0.4 is 15.8 Å². The van der Waals surface area contributed by atoms with Gasteiger partial charge in [0.1, 0.15) is 23.5 Å². The lowest BCUT2D eigenvalue weighted by Gasteiger charge is -2.38. The summed E-state index contributed by atoms with van der Waals surface area (Å²) in [5.74, 6) is -3.51. The van der Waals surface area contributed by atoms with Crippen LogP contribution in [0.3, 0.4) is 0 Å². The number of nitrogens with zero attached hydrogens (tertiary/aromatic N) is 4. The highest BCUT2D eigenvalue weighted by molar-refractivity contribution is 5.98. The molecule has 0 aliphatic carbocycles. The van der Waals surface area contributed by atoms with E-state index in [1.54, 1.807) is 29.8 Å². The summed E-state index contributed by atoms with van der Waals surface area (Å²) in [6, 6.07) is 3.80. The van der Waals surface area contributed by atoms with Crippen molar-refractivity contribution in [3.05, 3.63) is 87.0 Å². The van der Waals surface area contributed by atoms with Crippen LogP contribution in [0.15, 0.2) is 47.5 Å². The molecule has 5 rings (SSSR count). The predicted octanol–water partition coefficient (Wildman–Crippen LogP) is 3.96. The number of rotatable bonds is 7. The lowest BCUT2D eigenvalue weighted by Crippen LogP contribution is -2.53. The number of benzene rings is 1. The zero-order valence-corrected chi connectivity index (χ0v) is 24.9. The second-order valence-corrected chi connectivity index (χ2v) is 11.1. The van der Waals surface area contributed by atoms with Crippen molar-refractivity contribution in [1.82, 2.24) is 19.3 Å². The summed E-state index contributed by atoms with van der Waals surface area (Å²) >= 11 is 0. The van der Waals surface area contributed by atoms with Crippen LogP contribution in [0.2, 0.25) is 0 Å². The number of amides is 1. The molecule has 1 aliphatic heterocycles. The number of fused-ring (bicyclic) bond motifs is 1. The SMILES string of the molecule is Cc1cc(N2CCOC[C@@H]2C(F)(F)F)cc(F)c1C(=O)N[C@@H](Cc1ccc(-c2c(C)cc(C)n(C)c2=O)c2nccn12)C(=O)O. The number of carbonyl (C=O) groups excluding carboxylic acids is 1. The molecule has 2 N–H and O–H groups in total. The molecule has 4 heterocycles. The first kappa shape index (κ1) is 31.7. The number of pyridine rings is 2. The summed E-state index contributed by atoms with van der Waals surface area (Å²) in [6.45, 7) is 4.28. The molecule has 1 aromatic carbocycles. The van der Waals surface area contributed by atoms with Gasteiger partial charge in [-0.15, -0.1) is 0 Å². The standard InChI is InChI=1S/C31H31F4N5O5/c1-16-11-18(3)38(4)29(42)25(16)21-6-5-19(40-8-7-36-27(21)40)14-23(30(43)44)37-28(41)26-17(2)12-20(13-22(26)32)39-9-10-45-15-24(39)31(33,34)35/h5-8,11-13,23-24H,9-10,14-15H2,1-4H3,(H,37,41)(H,43,44)/t23-,24+/m0/s1. The fraction of sp³-hybridized carbons (Fsp3) is 0.355. The van der Waals surface area contributed by atoms with Gasteiger partial charge in [0.2, 0.25) is 0 Å². The molecular weight excluding hydrogens is 598 g/mol. The van der Waals surface area contributed by atoms with E-state index in [1.807, 2.05) is 19.9 Å². The molecule has 1 saturated heterocycles. The van der Waals surface area contributed by atoms with E-state index in [9.17, 15) is 32.7 Å². The predicted molar refractivity (Wildman–Crippen MR) is 157 cm³/mol. The number of anilines is 1. The number of hydrogen-bond acceptors (Lipinski definition) is 6. The maximum atomic E-state index is 15.3. The highest BCUT2D eigenvalue weighted by atomic mass is 19.4. The summed E-state index contributed by atoms with van der Waals surface area (Å²) in [4.78, 5) is 43.9. The molecule has 0 unspecified atom stereocenters. The van der Waals surface area contributed by atoms with Gasteiger partial charge in [0, 0.05) is 55.0 Å². The Bertz CT molecular complexity index is 1840. The molecule has 10 nitrogen and oxygen atoms in total. The van der Waals surface area contributed by atoms with Gasteiger partial charge in [-0.05, 0) is 62.2 Å². The van der Waals surface area contributed by atoms with E-state index in [-0.39, 0.29) is 36.4 Å². The average Bonchev–Trinajstić information content (AvgIpc) is 3.46. The van der Waals surface area contributed by atoms with Crippen LogP contribution in [0.1, 0.15) is 32.9 Å². The van der Waals surface area contributed by atoms with Gasteiger partial charge in [-0.2, -0.15) is 13.2 Å². The number of aromatic nitrogens is 3. The largest absolute Gasteiger partial charge is 0.480 e. The number of halogens is 4. The molecule has 14 heteroatoms. The molecule has 1 amide bonds. The van der Waals surface area contributed by atoms with E-state index in [4.69, 9.17) is 4.74 Å². The second kappa shape index (κ2) is 12.0. The third-order valence-corrected chi connectivity index (χ3v) is 8.12. The maximum absolute atomic E-state index is 15.3. The van der Waals surface area contributed by atoms with Gasteiger partial charge < -0.3 is 29.0 Å². The molecule has 2 atom stereocenters. The minimum Gasteiger partial charge on any atom is -0.480 e. The Labute approximate surface area is 254 Å². The fourth-order valence-corrected chi connectivity index (χ4v) is 5.74. The van der Waals surface area contributed by atoms with Gasteiger partial charge in [-0.25, -0.2) is 14.2 Å². The van der Waals surface area contributed by atoms with E-state index < -0.39 is 48.1 Å². The number of aryl methyl sites for hydroxylation is 3. The van der Waals surface area contributed by atoms with Crippen LogP contribution in [-0.2, 0) is 23.0 Å². The molecular formula is C31H31F4N5O5. The molecule has 45 heavy (non-hydrogen) atoms. The van der Waals surface area contributed by atoms with Crippen molar-refractivity contribution in [2.45, 2.75) is 45.5 Å². The molecule has 0 bridgehead atoms. The van der Waals surface area contributed by atoms with Crippen molar-refractivity contribution in [2.75, 3.05) is 24.7 Å². The van der Waals surface area contributed by atoms with Gasteiger partial charge >= 0.3 is 12.1 Å². The number of morpholine rings is 1. The molecule has 0 spiro atoms. The van der Waals surface area contributed by atoms with Gasteiger partial charge in [0.25, 0.3) is 11.5 Å². The number of hydrogen-bond donors (Lipinski definition) is 2. The summed E-state index contributed by atoms with van der Waals surface area (Å²) in [5, 5.41) is 12.3. The molecule has 3 aromatic heterocycles. The third kappa shape index (κ3) is 6.01. The van der Waals surface area contributed by atoms with E-state index in [1.165, 1.54) is 23.8 Å². The first-order valence-electron chi connectivity index (χ1n) is 14.1. The Hall–Kier alpha value is -4.72. The molecule has 0 radical (unpaired) electrons. The molecule has 4 aromatic rings. The number of imidazole rings is 1. The Morgan fingerprint density at radius 2 is 1.89 bits per heavy atom. The van der Waals surface area contributed by atoms with Crippen molar-refractivity contribution in [3.8, 4) is 11.1 Å². The monoisotopic (exact) mass is 629 g/mol. The van der Waals surface area contributed by atoms with Crippen LogP contribution >= 0.6 is 0 Å². The number of aliphatic carboxylic acids is 1. The quantitative estimate of drug-likeness (QED) is 0.297. The third-order valence-electron chi connectivity index (χ3n) is 8.12. The highest BCUT2D eigenvalue weighted by Crippen LogP contribution is 2.33. The second-order valence-electron chi connectivity index (χ2n) is 11.1. The number of alkyl halides is 3. The van der Waals surface area contributed by atoms with Crippen LogP contribution in [-0.4, -0.2) is 69.0 Å². The van der Waals surface area contributed by atoms with Gasteiger partial charge in [0.15, 0.2) is 0 Å². The number of nitrogens with one attached hydrogen (secondary N) is 1. The van der Waals surface area contributed by atoms with E-state index >= 15 is 4.39 Å². The lowest BCUT2D eigenvalue weighted by atomic mass is 10.0. The van der Waals surface area contributed by atoms with Crippen LogP contribution in [0.25, 0.3) is 16.8 Å². The zero-order valence-electron chi connectivity index (χ0n) is 24.9. The lowest BCUT2D eigenvalue weighted by molar-refractivity contribution is -0.167. The summed E-state index contributed by atoms with van der Waals surface area (Å²) in [6.07, 6.45) is -1.74. The summed E-state index contributed by atoms with van der Waals surface area (Å²) in [5.41, 5.74) is 2.65. The Kier molecular flexibility index (Phi) is 8.45. The minimum absolute atomic E-state index is 0.0161. The molecule has 1 aliphatic rings. The van der Waals surface area contributed by atoms with Crippen molar-refractivity contribution in [2.24, 2.45) is 7.05 Å². The number of ether oxygens (including phenoxy) is 1. The number of carbonyl (C=O) groups is 2. The fourth-order valence-electron chi connectivity index (χ4n) is 5.74. The van der Waals surface area contributed by atoms with Crippen LogP contribution in [0.4, 0.5) is 23.2 Å². The normalized spacial score (nSPS) is 16.2. The Morgan fingerprint density at radius 3 is 2.56 bits per heavy atom. The Balaban J connectivity index is 1.43. The number of carboxylic acids is 1.